The van der Waals surface area contributed by atoms with Crippen molar-refractivity contribution in [2.75, 3.05) is 11.9 Å². The summed E-state index contributed by atoms with van der Waals surface area (Å²) in [5.74, 6) is -0.510. The number of nitrogens with two attached hydrogens (primary N) is 1. The van der Waals surface area contributed by atoms with Gasteiger partial charge in [0.05, 0.1) is 12.2 Å². The molecule has 0 radical (unpaired) electrons. The van der Waals surface area contributed by atoms with Crippen molar-refractivity contribution >= 4 is 29.0 Å². The number of carbonyl (C=O) groups is 2. The van der Waals surface area contributed by atoms with E-state index in [-0.39, 0.29) is 18.2 Å². The topological polar surface area (TPSA) is 72.2 Å². The number of Topliss-reactive ketones (excluding diaryl/α,β-unsaturated/α-hetero) is 1. The fourth-order valence-corrected chi connectivity index (χ4v) is 1.33. The standard InChI is InChI=1S/C10H11ClN2O2/c1-6(14)13-9-3-2-7(11)4-8(9)10(15)5-12/h2-4H,5,12H2,1H3,(H,13,14). The van der Waals surface area contributed by atoms with Crippen molar-refractivity contribution in [2.24, 2.45) is 5.73 Å². The number of halogens is 1. The second-order valence-corrected chi connectivity index (χ2v) is 3.43. The number of hydrogen-bond donors (Lipinski definition) is 2. The van der Waals surface area contributed by atoms with E-state index in [0.29, 0.717) is 16.3 Å². The van der Waals surface area contributed by atoms with Crippen molar-refractivity contribution in [1.29, 1.82) is 0 Å². The van der Waals surface area contributed by atoms with Gasteiger partial charge >= 0.3 is 0 Å². The van der Waals surface area contributed by atoms with Gasteiger partial charge in [-0.15, -0.1) is 0 Å². The summed E-state index contributed by atoms with van der Waals surface area (Å²) in [5, 5.41) is 2.97. The van der Waals surface area contributed by atoms with E-state index < -0.39 is 0 Å². The minimum Gasteiger partial charge on any atom is -0.326 e. The number of nitrogens with one attached hydrogen (secondary N) is 1. The number of benzene rings is 1. The van der Waals surface area contributed by atoms with E-state index in [0.717, 1.165) is 0 Å². The molecular weight excluding hydrogens is 216 g/mol. The average Bonchev–Trinajstić information content (AvgIpc) is 2.19. The monoisotopic (exact) mass is 226 g/mol. The number of amides is 1. The van der Waals surface area contributed by atoms with Gasteiger partial charge < -0.3 is 11.1 Å². The maximum Gasteiger partial charge on any atom is 0.221 e. The Hall–Kier alpha value is -1.39. The van der Waals surface area contributed by atoms with Crippen LogP contribution in [0.2, 0.25) is 5.02 Å². The van der Waals surface area contributed by atoms with Crippen LogP contribution in [0.3, 0.4) is 0 Å². The molecule has 0 aliphatic carbocycles. The average molecular weight is 227 g/mol. The van der Waals surface area contributed by atoms with Crippen LogP contribution < -0.4 is 11.1 Å². The molecule has 1 aromatic rings. The van der Waals surface area contributed by atoms with Gasteiger partial charge in [0, 0.05) is 17.5 Å². The van der Waals surface area contributed by atoms with Crippen LogP contribution in [0.1, 0.15) is 17.3 Å². The summed E-state index contributed by atoms with van der Waals surface area (Å²) >= 11 is 5.75. The molecule has 0 aliphatic heterocycles. The zero-order valence-corrected chi connectivity index (χ0v) is 8.97. The molecule has 0 unspecified atom stereocenters. The smallest absolute Gasteiger partial charge is 0.221 e. The lowest BCUT2D eigenvalue weighted by Crippen LogP contribution is -2.17. The zero-order chi connectivity index (χ0) is 11.4. The quantitative estimate of drug-likeness (QED) is 0.766. The number of carbonyl (C=O) groups excluding carboxylic acids is 2. The van der Waals surface area contributed by atoms with Crippen LogP contribution in [0.15, 0.2) is 18.2 Å². The highest BCUT2D eigenvalue weighted by Crippen LogP contribution is 2.20. The number of hydrogen-bond acceptors (Lipinski definition) is 3. The third-order valence-electron chi connectivity index (χ3n) is 1.78. The Balaban J connectivity index is 3.14. The molecule has 80 valence electrons. The zero-order valence-electron chi connectivity index (χ0n) is 8.21. The maximum absolute atomic E-state index is 11.4. The van der Waals surface area contributed by atoms with E-state index >= 15 is 0 Å². The van der Waals surface area contributed by atoms with Crippen LogP contribution in [-0.4, -0.2) is 18.2 Å². The first-order valence-electron chi connectivity index (χ1n) is 4.35. The van der Waals surface area contributed by atoms with Gasteiger partial charge in [-0.3, -0.25) is 9.59 Å². The van der Waals surface area contributed by atoms with Crippen LogP contribution in [0.4, 0.5) is 5.69 Å². The predicted octanol–water partition coefficient (Wildman–Crippen LogP) is 1.44. The predicted molar refractivity (Wildman–Crippen MR) is 59.1 cm³/mol. The molecule has 1 aromatic carbocycles. The van der Waals surface area contributed by atoms with E-state index in [1.54, 1.807) is 12.1 Å². The Labute approximate surface area is 92.4 Å². The van der Waals surface area contributed by atoms with Crippen molar-refractivity contribution in [2.45, 2.75) is 6.92 Å². The molecule has 4 nitrogen and oxygen atoms in total. The molecule has 0 heterocycles. The number of anilines is 1. The first-order valence-corrected chi connectivity index (χ1v) is 4.73. The van der Waals surface area contributed by atoms with E-state index in [2.05, 4.69) is 5.32 Å². The minimum atomic E-state index is -0.263. The molecule has 0 atom stereocenters. The highest BCUT2D eigenvalue weighted by Gasteiger charge is 2.11. The van der Waals surface area contributed by atoms with E-state index in [1.807, 2.05) is 0 Å². The summed E-state index contributed by atoms with van der Waals surface area (Å²) in [6.07, 6.45) is 0. The summed E-state index contributed by atoms with van der Waals surface area (Å²) in [4.78, 5) is 22.3. The van der Waals surface area contributed by atoms with Crippen LogP contribution in [0.25, 0.3) is 0 Å². The van der Waals surface area contributed by atoms with Gasteiger partial charge in [-0.1, -0.05) is 11.6 Å². The van der Waals surface area contributed by atoms with Gasteiger partial charge in [0.25, 0.3) is 0 Å². The van der Waals surface area contributed by atoms with Crippen LogP contribution in [0.5, 0.6) is 0 Å². The molecule has 0 saturated carbocycles. The Morgan fingerprint density at radius 2 is 2.13 bits per heavy atom. The van der Waals surface area contributed by atoms with E-state index in [1.165, 1.54) is 13.0 Å². The molecule has 0 fully saturated rings. The van der Waals surface area contributed by atoms with Crippen molar-refractivity contribution in [1.82, 2.24) is 0 Å². The van der Waals surface area contributed by atoms with Crippen molar-refractivity contribution in [3.63, 3.8) is 0 Å². The fourth-order valence-electron chi connectivity index (χ4n) is 1.16. The third-order valence-corrected chi connectivity index (χ3v) is 2.01. The second-order valence-electron chi connectivity index (χ2n) is 3.00. The first kappa shape index (κ1) is 11.7. The summed E-state index contributed by atoms with van der Waals surface area (Å²) in [6, 6.07) is 4.66. The highest BCUT2D eigenvalue weighted by atomic mass is 35.5. The van der Waals surface area contributed by atoms with Gasteiger partial charge in [0.15, 0.2) is 5.78 Å². The van der Waals surface area contributed by atoms with Gasteiger partial charge in [-0.25, -0.2) is 0 Å². The SMILES string of the molecule is CC(=O)Nc1ccc(Cl)cc1C(=O)CN. The highest BCUT2D eigenvalue weighted by molar-refractivity contribution is 6.31. The molecule has 0 aromatic heterocycles. The molecule has 0 bridgehead atoms. The molecule has 5 heteroatoms. The Bertz CT molecular complexity index is 404. The normalized spacial score (nSPS) is 9.80. The third kappa shape index (κ3) is 3.04. The number of rotatable bonds is 3. The van der Waals surface area contributed by atoms with Crippen molar-refractivity contribution in [3.8, 4) is 0 Å². The lowest BCUT2D eigenvalue weighted by Gasteiger charge is -2.08. The molecule has 15 heavy (non-hydrogen) atoms. The first-order chi connectivity index (χ1) is 7.04. The van der Waals surface area contributed by atoms with Crippen LogP contribution >= 0.6 is 11.6 Å². The minimum absolute atomic E-state index is 0.118. The molecular formula is C10H11ClN2O2. The van der Waals surface area contributed by atoms with Crippen molar-refractivity contribution < 1.29 is 9.59 Å². The second kappa shape index (κ2) is 4.91. The molecule has 0 spiro atoms. The molecule has 1 rings (SSSR count). The summed E-state index contributed by atoms with van der Waals surface area (Å²) in [7, 11) is 0. The number of ketones is 1. The lowest BCUT2D eigenvalue weighted by molar-refractivity contribution is -0.114. The van der Waals surface area contributed by atoms with Crippen LogP contribution in [-0.2, 0) is 4.79 Å². The Morgan fingerprint density at radius 3 is 2.67 bits per heavy atom. The molecule has 1 amide bonds. The lowest BCUT2D eigenvalue weighted by atomic mass is 10.1. The van der Waals surface area contributed by atoms with Gasteiger partial charge in [0.1, 0.15) is 0 Å². The van der Waals surface area contributed by atoms with Gasteiger partial charge in [0.2, 0.25) is 5.91 Å². The summed E-state index contributed by atoms with van der Waals surface area (Å²) in [6.45, 7) is 1.25. The van der Waals surface area contributed by atoms with Gasteiger partial charge in [-0.05, 0) is 18.2 Å². The van der Waals surface area contributed by atoms with Crippen molar-refractivity contribution in [3.05, 3.63) is 28.8 Å². The molecule has 0 saturated heterocycles. The van der Waals surface area contributed by atoms with E-state index in [9.17, 15) is 9.59 Å². The Morgan fingerprint density at radius 1 is 1.47 bits per heavy atom. The summed E-state index contributed by atoms with van der Waals surface area (Å²) < 4.78 is 0. The molecule has 3 N–H and O–H groups in total. The largest absolute Gasteiger partial charge is 0.326 e. The van der Waals surface area contributed by atoms with Gasteiger partial charge in [-0.2, -0.15) is 0 Å². The van der Waals surface area contributed by atoms with Crippen LogP contribution in [0, 0.1) is 0 Å². The molecule has 0 aliphatic rings. The maximum atomic E-state index is 11.4. The Kier molecular flexibility index (Phi) is 3.82. The fraction of sp³-hybridized carbons (Fsp3) is 0.200. The van der Waals surface area contributed by atoms with E-state index in [4.69, 9.17) is 17.3 Å². The summed E-state index contributed by atoms with van der Waals surface area (Å²) in [5.41, 5.74) is 6.01.